The van der Waals surface area contributed by atoms with Gasteiger partial charge in [0, 0.05) is 5.92 Å². The Hall–Kier alpha value is -0.570. The van der Waals surface area contributed by atoms with Gasteiger partial charge >= 0.3 is 0 Å². The summed E-state index contributed by atoms with van der Waals surface area (Å²) in [7, 11) is -3.14. The third-order valence-corrected chi connectivity index (χ3v) is 6.42. The van der Waals surface area contributed by atoms with Crippen molar-refractivity contribution < 1.29 is 8.42 Å². The zero-order valence-electron chi connectivity index (χ0n) is 10.4. The van der Waals surface area contributed by atoms with Crippen molar-refractivity contribution in [3.05, 3.63) is 22.6 Å². The number of rotatable bonds is 2. The molecule has 0 aliphatic heterocycles. The predicted octanol–water partition coefficient (Wildman–Crippen LogP) is 3.07. The first-order valence-electron chi connectivity index (χ1n) is 5.95. The number of allylic oxidation sites excluding steroid dienone is 4. The molecule has 0 saturated carbocycles. The Kier molecular flexibility index (Phi) is 2.57. The fourth-order valence-corrected chi connectivity index (χ4v) is 4.58. The van der Waals surface area contributed by atoms with Crippen LogP contribution in [0.2, 0.25) is 0 Å². The van der Waals surface area contributed by atoms with Gasteiger partial charge in [0.15, 0.2) is 9.84 Å². The van der Waals surface area contributed by atoms with Crippen molar-refractivity contribution >= 4 is 9.84 Å². The zero-order chi connectivity index (χ0) is 12.1. The first-order valence-corrected chi connectivity index (χ1v) is 7.43. The summed E-state index contributed by atoms with van der Waals surface area (Å²) in [6.45, 7) is 7.43. The van der Waals surface area contributed by atoms with Crippen molar-refractivity contribution in [1.29, 1.82) is 0 Å². The van der Waals surface area contributed by atoms with Gasteiger partial charge in [-0.25, -0.2) is 8.42 Å². The highest BCUT2D eigenvalue weighted by atomic mass is 32.2. The van der Waals surface area contributed by atoms with Gasteiger partial charge in [0.05, 0.1) is 9.65 Å². The van der Waals surface area contributed by atoms with E-state index in [2.05, 4.69) is 19.1 Å². The average molecular weight is 240 g/mol. The number of fused-ring (bicyclic) bond motifs is 2. The van der Waals surface area contributed by atoms with Crippen LogP contribution >= 0.6 is 0 Å². The number of sulfone groups is 1. The molecule has 2 nitrogen and oxygen atoms in total. The van der Waals surface area contributed by atoms with Gasteiger partial charge in [-0.15, -0.1) is 0 Å². The molecule has 0 aromatic heterocycles. The fourth-order valence-electron chi connectivity index (χ4n) is 2.71. The van der Waals surface area contributed by atoms with Gasteiger partial charge in [-0.3, -0.25) is 0 Å². The van der Waals surface area contributed by atoms with Crippen molar-refractivity contribution in [2.24, 2.45) is 11.8 Å². The maximum absolute atomic E-state index is 12.5. The van der Waals surface area contributed by atoms with Crippen LogP contribution in [0.15, 0.2) is 22.6 Å². The normalized spacial score (nSPS) is 29.2. The van der Waals surface area contributed by atoms with E-state index in [1.54, 1.807) is 20.8 Å². The van der Waals surface area contributed by atoms with Crippen LogP contribution in [0.25, 0.3) is 0 Å². The molecule has 0 N–H and O–H groups in total. The second kappa shape index (κ2) is 3.46. The van der Waals surface area contributed by atoms with Crippen molar-refractivity contribution in [3.63, 3.8) is 0 Å². The van der Waals surface area contributed by atoms with E-state index in [1.807, 2.05) is 0 Å². The molecule has 2 aliphatic carbocycles. The van der Waals surface area contributed by atoms with Crippen LogP contribution in [-0.4, -0.2) is 13.2 Å². The molecule has 0 spiro atoms. The summed E-state index contributed by atoms with van der Waals surface area (Å²) < 4.78 is 24.4. The van der Waals surface area contributed by atoms with Crippen molar-refractivity contribution in [1.82, 2.24) is 0 Å². The molecule has 0 aromatic carbocycles. The Morgan fingerprint density at radius 1 is 1.25 bits per heavy atom. The monoisotopic (exact) mass is 240 g/mol. The molecule has 2 aliphatic rings. The summed E-state index contributed by atoms with van der Waals surface area (Å²) in [6, 6.07) is 0. The van der Waals surface area contributed by atoms with E-state index >= 15 is 0 Å². The van der Waals surface area contributed by atoms with E-state index in [1.165, 1.54) is 0 Å². The van der Waals surface area contributed by atoms with Gasteiger partial charge in [0.25, 0.3) is 0 Å². The minimum atomic E-state index is -3.14. The molecule has 0 amide bonds. The van der Waals surface area contributed by atoms with E-state index in [0.717, 1.165) is 23.3 Å². The maximum Gasteiger partial charge on any atom is 0.180 e. The second-order valence-corrected chi connectivity index (χ2v) is 8.36. The third-order valence-electron chi connectivity index (χ3n) is 3.66. The van der Waals surface area contributed by atoms with E-state index in [4.69, 9.17) is 0 Å². The highest BCUT2D eigenvalue weighted by Crippen LogP contribution is 2.49. The standard InChI is InChI=1S/C13H20O2S/c1-5-11-9-6-7-10(8-9)12(11)16(14,15)13(2,3)4/h6-7,9-10H,5,8H2,1-4H3/t9-,10+/m0/s1. The topological polar surface area (TPSA) is 34.1 Å². The SMILES string of the molecule is CCC1=C(S(=O)(=O)C(C)(C)C)[C@@H]2C=C[C@H]1C2. The molecule has 0 aromatic rings. The third kappa shape index (κ3) is 1.48. The Labute approximate surface area is 98.4 Å². The summed E-state index contributed by atoms with van der Waals surface area (Å²) in [4.78, 5) is 0.731. The van der Waals surface area contributed by atoms with Gasteiger partial charge in [0.1, 0.15) is 0 Å². The van der Waals surface area contributed by atoms with E-state index < -0.39 is 14.6 Å². The molecule has 0 saturated heterocycles. The van der Waals surface area contributed by atoms with Crippen LogP contribution in [0.3, 0.4) is 0 Å². The molecule has 2 bridgehead atoms. The van der Waals surface area contributed by atoms with Gasteiger partial charge in [-0.05, 0) is 45.1 Å². The van der Waals surface area contributed by atoms with Crippen molar-refractivity contribution in [2.45, 2.75) is 45.3 Å². The highest BCUT2D eigenvalue weighted by Gasteiger charge is 2.44. The van der Waals surface area contributed by atoms with Crippen LogP contribution < -0.4 is 0 Å². The molecule has 0 unspecified atom stereocenters. The summed E-state index contributed by atoms with van der Waals surface area (Å²) >= 11 is 0. The number of hydrogen-bond acceptors (Lipinski definition) is 2. The lowest BCUT2D eigenvalue weighted by Crippen LogP contribution is -2.31. The Balaban J connectivity index is 2.53. The summed E-state index contributed by atoms with van der Waals surface area (Å²) in [5, 5.41) is 0. The Bertz CT molecular complexity index is 461. The van der Waals surface area contributed by atoms with Gasteiger partial charge in [0.2, 0.25) is 0 Å². The van der Waals surface area contributed by atoms with E-state index in [0.29, 0.717) is 5.92 Å². The molecule has 0 heterocycles. The van der Waals surface area contributed by atoms with Gasteiger partial charge < -0.3 is 0 Å². The highest BCUT2D eigenvalue weighted by molar-refractivity contribution is 7.96. The molecular weight excluding hydrogens is 220 g/mol. The summed E-state index contributed by atoms with van der Waals surface area (Å²) in [5.74, 6) is 0.547. The smallest absolute Gasteiger partial charge is 0.180 e. The maximum atomic E-state index is 12.5. The first-order chi connectivity index (χ1) is 7.29. The molecule has 16 heavy (non-hydrogen) atoms. The molecule has 0 radical (unpaired) electrons. The number of hydrogen-bond donors (Lipinski definition) is 0. The van der Waals surface area contributed by atoms with Gasteiger partial charge in [-0.2, -0.15) is 0 Å². The largest absolute Gasteiger partial charge is 0.223 e. The van der Waals surface area contributed by atoms with Gasteiger partial charge in [-0.1, -0.05) is 19.1 Å². The molecule has 2 rings (SSSR count). The van der Waals surface area contributed by atoms with Crippen molar-refractivity contribution in [3.8, 4) is 0 Å². The zero-order valence-corrected chi connectivity index (χ0v) is 11.3. The second-order valence-electron chi connectivity index (χ2n) is 5.69. The lowest BCUT2D eigenvalue weighted by atomic mass is 10.0. The Morgan fingerprint density at radius 2 is 1.81 bits per heavy atom. The van der Waals surface area contributed by atoms with Crippen LogP contribution in [0.5, 0.6) is 0 Å². The van der Waals surface area contributed by atoms with Crippen LogP contribution in [-0.2, 0) is 9.84 Å². The minimum Gasteiger partial charge on any atom is -0.223 e. The molecule has 3 heteroatoms. The lowest BCUT2D eigenvalue weighted by molar-refractivity contribution is 0.562. The van der Waals surface area contributed by atoms with Crippen LogP contribution in [0, 0.1) is 11.8 Å². The first kappa shape index (κ1) is 11.9. The summed E-state index contributed by atoms with van der Waals surface area (Å²) in [6.07, 6.45) is 6.08. The summed E-state index contributed by atoms with van der Waals surface area (Å²) in [5.41, 5.74) is 1.16. The lowest BCUT2D eigenvalue weighted by Gasteiger charge is -2.24. The van der Waals surface area contributed by atoms with Crippen molar-refractivity contribution in [2.75, 3.05) is 0 Å². The van der Waals surface area contributed by atoms with E-state index in [9.17, 15) is 8.42 Å². The molecule has 2 atom stereocenters. The average Bonchev–Trinajstić information content (AvgIpc) is 2.73. The van der Waals surface area contributed by atoms with Crippen LogP contribution in [0.1, 0.15) is 40.5 Å². The predicted molar refractivity (Wildman–Crippen MR) is 66.7 cm³/mol. The quantitative estimate of drug-likeness (QED) is 0.695. The Morgan fingerprint density at radius 3 is 2.31 bits per heavy atom. The minimum absolute atomic E-state index is 0.157. The molecule has 0 fully saturated rings. The fraction of sp³-hybridized carbons (Fsp3) is 0.692. The molecule has 90 valence electrons. The molecular formula is C13H20O2S. The van der Waals surface area contributed by atoms with Crippen LogP contribution in [0.4, 0.5) is 0 Å². The van der Waals surface area contributed by atoms with E-state index in [-0.39, 0.29) is 5.92 Å².